The SMILES string of the molecule is CC(=O)OCC=O.CNC(CCC(CNC(=O)Cc1ccc(-c2ccccc2)cc1)OC(C)=O)CC[C@](O)(Sc1ccc(C)cc1)C(=O)OC. The van der Waals surface area contributed by atoms with Crippen LogP contribution in [0.5, 0.6) is 0 Å². The lowest BCUT2D eigenvalue weighted by Gasteiger charge is -2.27. The van der Waals surface area contributed by atoms with Crippen LogP contribution in [-0.2, 0) is 44.6 Å². The first-order chi connectivity index (χ1) is 23.9. The van der Waals surface area contributed by atoms with E-state index >= 15 is 0 Å². The number of benzene rings is 3. The van der Waals surface area contributed by atoms with Crippen molar-refractivity contribution in [3.8, 4) is 11.1 Å². The monoisotopic (exact) mass is 708 g/mol. The van der Waals surface area contributed by atoms with Gasteiger partial charge < -0.3 is 30.0 Å². The largest absolute Gasteiger partial charge is 0.466 e. The van der Waals surface area contributed by atoms with Crippen molar-refractivity contribution in [2.45, 2.75) is 74.8 Å². The molecular formula is C38H48N2O9S. The Morgan fingerprint density at radius 3 is 2.06 bits per heavy atom. The zero-order valence-electron chi connectivity index (χ0n) is 29.3. The molecule has 3 atom stereocenters. The molecule has 0 saturated heterocycles. The second-order valence-electron chi connectivity index (χ2n) is 11.5. The molecule has 0 aliphatic rings. The van der Waals surface area contributed by atoms with Crippen molar-refractivity contribution in [2.24, 2.45) is 0 Å². The van der Waals surface area contributed by atoms with Gasteiger partial charge in [0.15, 0.2) is 6.29 Å². The van der Waals surface area contributed by atoms with Gasteiger partial charge in [-0.25, -0.2) is 4.79 Å². The van der Waals surface area contributed by atoms with E-state index in [4.69, 9.17) is 9.47 Å². The van der Waals surface area contributed by atoms with Gasteiger partial charge in [-0.15, -0.1) is 0 Å². The third-order valence-electron chi connectivity index (χ3n) is 7.53. The summed E-state index contributed by atoms with van der Waals surface area (Å²) in [7, 11) is 3.07. The number of carbonyl (C=O) groups is 5. The highest BCUT2D eigenvalue weighted by atomic mass is 32.2. The fraction of sp³-hybridized carbons (Fsp3) is 0.395. The Bertz CT molecular complexity index is 1500. The normalized spacial score (nSPS) is 12.9. The van der Waals surface area contributed by atoms with E-state index in [0.717, 1.165) is 38.9 Å². The smallest absolute Gasteiger partial charge is 0.348 e. The standard InChI is InChI=1S/C34H42N2O6S.C4H6O3/c1-24-10-18-31(19-11-24)43-34(40,33(39)41-4)21-20-29(35-3)16-17-30(42-25(2)37)23-36-32(38)22-26-12-14-28(15-13-26)27-8-6-5-7-9-27;1-4(6)7-3-2-5/h5-15,18-19,29-30,35,40H,16-17,20-23H2,1-4H3,(H,36,38);2H,3H2,1H3/t29?,30?,34-;/m0./s1. The number of hydrogen-bond acceptors (Lipinski definition) is 11. The summed E-state index contributed by atoms with van der Waals surface area (Å²) in [4.78, 5) is 55.3. The number of nitrogens with one attached hydrogen (secondary N) is 2. The lowest BCUT2D eigenvalue weighted by atomic mass is 10.0. The summed E-state index contributed by atoms with van der Waals surface area (Å²) in [5.74, 6) is -1.72. The van der Waals surface area contributed by atoms with E-state index in [0.29, 0.717) is 25.5 Å². The van der Waals surface area contributed by atoms with Crippen LogP contribution in [0.4, 0.5) is 0 Å². The predicted octanol–water partition coefficient (Wildman–Crippen LogP) is 4.80. The van der Waals surface area contributed by atoms with E-state index < -0.39 is 28.9 Å². The summed E-state index contributed by atoms with van der Waals surface area (Å²) >= 11 is 1.07. The van der Waals surface area contributed by atoms with Gasteiger partial charge in [-0.2, -0.15) is 0 Å². The molecule has 0 spiro atoms. The summed E-state index contributed by atoms with van der Waals surface area (Å²) < 4.78 is 14.6. The predicted molar refractivity (Wildman–Crippen MR) is 192 cm³/mol. The summed E-state index contributed by atoms with van der Waals surface area (Å²) in [6.07, 6.45) is 1.93. The van der Waals surface area contributed by atoms with Crippen LogP contribution < -0.4 is 10.6 Å². The van der Waals surface area contributed by atoms with Crippen LogP contribution in [0.25, 0.3) is 11.1 Å². The minimum Gasteiger partial charge on any atom is -0.466 e. The molecule has 0 aromatic heterocycles. The number of aldehydes is 1. The molecule has 3 N–H and O–H groups in total. The fourth-order valence-corrected chi connectivity index (χ4v) is 5.90. The van der Waals surface area contributed by atoms with E-state index in [1.165, 1.54) is 21.0 Å². The number of carbonyl (C=O) groups excluding carboxylic acids is 5. The lowest BCUT2D eigenvalue weighted by Crippen LogP contribution is -2.39. The van der Waals surface area contributed by atoms with E-state index in [2.05, 4.69) is 15.4 Å². The molecule has 3 aromatic rings. The van der Waals surface area contributed by atoms with Crippen molar-refractivity contribution in [3.05, 3.63) is 90.0 Å². The zero-order valence-corrected chi connectivity index (χ0v) is 30.1. The average Bonchev–Trinajstić information content (AvgIpc) is 3.11. The Kier molecular flexibility index (Phi) is 18.5. The zero-order chi connectivity index (χ0) is 36.9. The van der Waals surface area contributed by atoms with E-state index in [1.54, 1.807) is 7.05 Å². The van der Waals surface area contributed by atoms with Gasteiger partial charge >= 0.3 is 17.9 Å². The molecule has 0 heterocycles. The minimum atomic E-state index is -1.75. The Balaban J connectivity index is 0.00000112. The second-order valence-corrected chi connectivity index (χ2v) is 12.9. The first-order valence-corrected chi connectivity index (χ1v) is 17.1. The molecule has 0 radical (unpaired) electrons. The third-order valence-corrected chi connectivity index (χ3v) is 8.75. The van der Waals surface area contributed by atoms with Crippen molar-refractivity contribution < 1.29 is 43.3 Å². The Morgan fingerprint density at radius 1 is 0.880 bits per heavy atom. The van der Waals surface area contributed by atoms with E-state index in [-0.39, 0.29) is 37.9 Å². The van der Waals surface area contributed by atoms with Crippen LogP contribution in [0.2, 0.25) is 0 Å². The molecular weight excluding hydrogens is 660 g/mol. The van der Waals surface area contributed by atoms with Crippen LogP contribution in [-0.4, -0.2) is 79.6 Å². The van der Waals surface area contributed by atoms with Gasteiger partial charge in [0, 0.05) is 24.8 Å². The highest BCUT2D eigenvalue weighted by Crippen LogP contribution is 2.36. The second kappa shape index (κ2) is 22.2. The molecule has 0 saturated carbocycles. The van der Waals surface area contributed by atoms with Crippen molar-refractivity contribution in [1.29, 1.82) is 0 Å². The summed E-state index contributed by atoms with van der Waals surface area (Å²) in [6, 6.07) is 25.4. The average molecular weight is 709 g/mol. The van der Waals surface area contributed by atoms with Gasteiger partial charge in [0.25, 0.3) is 0 Å². The summed E-state index contributed by atoms with van der Waals surface area (Å²) in [5.41, 5.74) is 4.16. The molecule has 3 rings (SSSR count). The number of aryl methyl sites for hydroxylation is 1. The first kappa shape index (κ1) is 41.7. The number of amides is 1. The molecule has 11 nitrogen and oxygen atoms in total. The van der Waals surface area contributed by atoms with Crippen molar-refractivity contribution in [2.75, 3.05) is 27.3 Å². The topological polar surface area (TPSA) is 157 Å². The highest BCUT2D eigenvalue weighted by Gasteiger charge is 2.39. The minimum absolute atomic E-state index is 0.0771. The van der Waals surface area contributed by atoms with Gasteiger partial charge in [0.05, 0.1) is 20.1 Å². The molecule has 2 unspecified atom stereocenters. The first-order valence-electron chi connectivity index (χ1n) is 16.3. The van der Waals surface area contributed by atoms with Crippen LogP contribution in [0.1, 0.15) is 50.7 Å². The summed E-state index contributed by atoms with van der Waals surface area (Å²) in [5, 5.41) is 17.3. The number of thioether (sulfide) groups is 1. The molecule has 1 amide bonds. The van der Waals surface area contributed by atoms with Gasteiger partial charge in [-0.05, 0) is 68.5 Å². The van der Waals surface area contributed by atoms with E-state index in [9.17, 15) is 29.1 Å². The highest BCUT2D eigenvalue weighted by molar-refractivity contribution is 8.01. The number of esters is 3. The maximum Gasteiger partial charge on any atom is 0.348 e. The van der Waals surface area contributed by atoms with E-state index in [1.807, 2.05) is 85.8 Å². The van der Waals surface area contributed by atoms with Crippen molar-refractivity contribution >= 4 is 41.9 Å². The van der Waals surface area contributed by atoms with Gasteiger partial charge in [-0.1, -0.05) is 84.1 Å². The third kappa shape index (κ3) is 15.8. The van der Waals surface area contributed by atoms with Crippen molar-refractivity contribution in [1.82, 2.24) is 10.6 Å². The molecule has 0 aliphatic heterocycles. The molecule has 0 aliphatic carbocycles. The molecule has 3 aromatic carbocycles. The van der Waals surface area contributed by atoms with Crippen molar-refractivity contribution in [3.63, 3.8) is 0 Å². The Labute approximate surface area is 298 Å². The number of ether oxygens (including phenoxy) is 3. The Morgan fingerprint density at radius 2 is 1.52 bits per heavy atom. The molecule has 12 heteroatoms. The number of methoxy groups -OCH3 is 1. The number of hydrogen-bond donors (Lipinski definition) is 3. The van der Waals surface area contributed by atoms with Crippen LogP contribution >= 0.6 is 11.8 Å². The quantitative estimate of drug-likeness (QED) is 0.0548. The number of aliphatic hydroxyl groups is 1. The molecule has 0 bridgehead atoms. The van der Waals surface area contributed by atoms with Crippen LogP contribution in [0.15, 0.2) is 83.8 Å². The summed E-state index contributed by atoms with van der Waals surface area (Å²) in [6.45, 7) is 4.63. The molecule has 0 fully saturated rings. The fourth-order valence-electron chi connectivity index (χ4n) is 4.86. The lowest BCUT2D eigenvalue weighted by molar-refractivity contribution is -0.154. The van der Waals surface area contributed by atoms with Gasteiger partial charge in [0.2, 0.25) is 10.8 Å². The Hall–Kier alpha value is -4.52. The van der Waals surface area contributed by atoms with Crippen LogP contribution in [0.3, 0.4) is 0 Å². The molecule has 50 heavy (non-hydrogen) atoms. The van der Waals surface area contributed by atoms with Crippen LogP contribution in [0, 0.1) is 6.92 Å². The van der Waals surface area contributed by atoms with Gasteiger partial charge in [0.1, 0.15) is 12.7 Å². The number of rotatable bonds is 18. The maximum atomic E-state index is 12.7. The van der Waals surface area contributed by atoms with Gasteiger partial charge in [-0.3, -0.25) is 19.2 Å². The molecule has 270 valence electrons. The maximum absolute atomic E-state index is 12.7.